The zero-order chi connectivity index (χ0) is 20.6. The summed E-state index contributed by atoms with van der Waals surface area (Å²) in [7, 11) is -3.71. The molecular weight excluding hydrogens is 397 g/mol. The number of rotatable bonds is 4. The SMILES string of the molecule is O=C1C[C@@H]([NH+]2CCN(S(=O)(=O)c3ccc(F)cc3)CC2)C(=O)N1c1ccccc1. The van der Waals surface area contributed by atoms with Crippen LogP contribution in [-0.2, 0) is 19.6 Å². The molecule has 1 N–H and O–H groups in total. The number of hydrogen-bond acceptors (Lipinski definition) is 4. The molecule has 9 heteroatoms. The number of imide groups is 1. The Hall–Kier alpha value is -2.62. The van der Waals surface area contributed by atoms with Gasteiger partial charge in [-0.2, -0.15) is 4.31 Å². The van der Waals surface area contributed by atoms with Crippen LogP contribution in [0.5, 0.6) is 0 Å². The summed E-state index contributed by atoms with van der Waals surface area (Å²) in [5.74, 6) is -0.975. The van der Waals surface area contributed by atoms with Crippen LogP contribution in [0.1, 0.15) is 6.42 Å². The number of benzene rings is 2. The summed E-state index contributed by atoms with van der Waals surface area (Å²) in [6.45, 7) is 1.32. The number of nitrogens with one attached hydrogen (secondary N) is 1. The molecule has 0 radical (unpaired) electrons. The second-order valence-electron chi connectivity index (χ2n) is 7.18. The third-order valence-electron chi connectivity index (χ3n) is 5.47. The van der Waals surface area contributed by atoms with Crippen LogP contribution in [0.2, 0.25) is 0 Å². The second kappa shape index (κ2) is 7.66. The average Bonchev–Trinajstić information content (AvgIpc) is 3.03. The maximum atomic E-state index is 13.1. The molecule has 2 amide bonds. The van der Waals surface area contributed by atoms with E-state index in [1.54, 1.807) is 24.3 Å². The molecule has 29 heavy (non-hydrogen) atoms. The standard InChI is InChI=1S/C20H20FN3O4S/c21-15-6-8-17(9-7-15)29(27,28)23-12-10-22(11-13-23)18-14-19(25)24(20(18)26)16-4-2-1-3-5-16/h1-9,18H,10-14H2/p+1/t18-/m1/s1. The fourth-order valence-electron chi connectivity index (χ4n) is 3.92. The van der Waals surface area contributed by atoms with Crippen molar-refractivity contribution in [1.29, 1.82) is 0 Å². The summed E-state index contributed by atoms with van der Waals surface area (Å²) in [6.07, 6.45) is 0.119. The third-order valence-corrected chi connectivity index (χ3v) is 7.38. The lowest BCUT2D eigenvalue weighted by molar-refractivity contribution is -0.918. The molecule has 4 rings (SSSR count). The van der Waals surface area contributed by atoms with Gasteiger partial charge in [0.25, 0.3) is 5.91 Å². The number of hydrogen-bond donors (Lipinski definition) is 1. The lowest BCUT2D eigenvalue weighted by atomic mass is 10.2. The van der Waals surface area contributed by atoms with E-state index in [9.17, 15) is 22.4 Å². The molecule has 152 valence electrons. The second-order valence-corrected chi connectivity index (χ2v) is 9.11. The molecule has 0 spiro atoms. The quantitative estimate of drug-likeness (QED) is 0.712. The molecule has 2 aromatic rings. The van der Waals surface area contributed by atoms with E-state index >= 15 is 0 Å². The molecule has 7 nitrogen and oxygen atoms in total. The Morgan fingerprint density at radius 3 is 2.17 bits per heavy atom. The highest BCUT2D eigenvalue weighted by Crippen LogP contribution is 2.22. The number of anilines is 1. The van der Waals surface area contributed by atoms with Crippen molar-refractivity contribution >= 4 is 27.5 Å². The number of carbonyl (C=O) groups is 2. The lowest BCUT2D eigenvalue weighted by Gasteiger charge is -2.33. The molecule has 2 saturated heterocycles. The Morgan fingerprint density at radius 1 is 0.931 bits per heavy atom. The monoisotopic (exact) mass is 418 g/mol. The zero-order valence-electron chi connectivity index (χ0n) is 15.6. The summed E-state index contributed by atoms with van der Waals surface area (Å²) in [4.78, 5) is 27.5. The van der Waals surface area contributed by atoms with Gasteiger partial charge in [0, 0.05) is 0 Å². The highest BCUT2D eigenvalue weighted by Gasteiger charge is 2.47. The first-order valence-electron chi connectivity index (χ1n) is 9.40. The largest absolute Gasteiger partial charge is 0.322 e. The van der Waals surface area contributed by atoms with Gasteiger partial charge in [0.05, 0.1) is 43.2 Å². The molecule has 0 aliphatic carbocycles. The Bertz CT molecular complexity index is 1020. The summed E-state index contributed by atoms with van der Waals surface area (Å²) < 4.78 is 39.9. The Labute approximate surface area is 168 Å². The van der Waals surface area contributed by atoms with Crippen molar-refractivity contribution in [2.45, 2.75) is 17.4 Å². The van der Waals surface area contributed by atoms with Crippen LogP contribution in [0, 0.1) is 5.82 Å². The number of amides is 2. The van der Waals surface area contributed by atoms with E-state index in [4.69, 9.17) is 0 Å². The Balaban J connectivity index is 1.44. The van der Waals surface area contributed by atoms with E-state index in [1.165, 1.54) is 21.3 Å². The van der Waals surface area contributed by atoms with Crippen LogP contribution in [-0.4, -0.2) is 56.8 Å². The van der Waals surface area contributed by atoms with Gasteiger partial charge in [-0.15, -0.1) is 0 Å². The molecule has 2 heterocycles. The van der Waals surface area contributed by atoms with Crippen LogP contribution in [0.4, 0.5) is 10.1 Å². The number of sulfonamides is 1. The van der Waals surface area contributed by atoms with E-state index in [0.717, 1.165) is 17.0 Å². The maximum Gasteiger partial charge on any atom is 0.292 e. The van der Waals surface area contributed by atoms with Crippen molar-refractivity contribution in [2.24, 2.45) is 0 Å². The molecule has 1 atom stereocenters. The van der Waals surface area contributed by atoms with Gasteiger partial charge in [-0.05, 0) is 36.4 Å². The minimum absolute atomic E-state index is 0.0460. The number of halogens is 1. The fourth-order valence-corrected chi connectivity index (χ4v) is 5.36. The van der Waals surface area contributed by atoms with Gasteiger partial charge < -0.3 is 4.90 Å². The summed E-state index contributed by atoms with van der Waals surface area (Å²) >= 11 is 0. The van der Waals surface area contributed by atoms with Crippen LogP contribution < -0.4 is 9.80 Å². The maximum absolute atomic E-state index is 13.1. The summed E-state index contributed by atoms with van der Waals surface area (Å²) in [5.41, 5.74) is 0.557. The lowest BCUT2D eigenvalue weighted by Crippen LogP contribution is -3.19. The molecule has 2 fully saturated rings. The number of piperazine rings is 1. The van der Waals surface area contributed by atoms with Crippen molar-refractivity contribution in [3.8, 4) is 0 Å². The Kier molecular flexibility index (Phi) is 5.20. The van der Waals surface area contributed by atoms with Gasteiger partial charge in [-0.25, -0.2) is 17.7 Å². The van der Waals surface area contributed by atoms with E-state index in [2.05, 4.69) is 0 Å². The molecule has 0 unspecified atom stereocenters. The number of nitrogens with zero attached hydrogens (tertiary/aromatic N) is 2. The summed E-state index contributed by atoms with van der Waals surface area (Å²) in [5, 5.41) is 0. The molecule has 2 aliphatic heterocycles. The van der Waals surface area contributed by atoms with Gasteiger partial charge in [-0.3, -0.25) is 9.59 Å². The molecule has 0 aromatic heterocycles. The third kappa shape index (κ3) is 3.68. The van der Waals surface area contributed by atoms with Gasteiger partial charge >= 0.3 is 0 Å². The smallest absolute Gasteiger partial charge is 0.292 e. The minimum atomic E-state index is -3.71. The van der Waals surface area contributed by atoms with Gasteiger partial charge in [0.1, 0.15) is 5.82 Å². The van der Waals surface area contributed by atoms with Gasteiger partial charge in [0.15, 0.2) is 6.04 Å². The predicted octanol–water partition coefficient (Wildman–Crippen LogP) is 0.0470. The highest BCUT2D eigenvalue weighted by molar-refractivity contribution is 7.89. The molecular formula is C20H21FN3O4S+. The molecule has 0 bridgehead atoms. The van der Waals surface area contributed by atoms with E-state index in [1.807, 2.05) is 6.07 Å². The first kappa shape index (κ1) is 19.7. The molecule has 2 aromatic carbocycles. The first-order valence-corrected chi connectivity index (χ1v) is 10.8. The number of quaternary nitrogens is 1. The number of para-hydroxylation sites is 1. The predicted molar refractivity (Wildman–Crippen MR) is 103 cm³/mol. The zero-order valence-corrected chi connectivity index (χ0v) is 16.4. The topological polar surface area (TPSA) is 79.2 Å². The summed E-state index contributed by atoms with van der Waals surface area (Å²) in [6, 6.07) is 13.1. The molecule has 0 saturated carbocycles. The van der Waals surface area contributed by atoms with E-state index < -0.39 is 21.9 Å². The first-order chi connectivity index (χ1) is 13.9. The fraction of sp³-hybridized carbons (Fsp3) is 0.300. The van der Waals surface area contributed by atoms with Crippen molar-refractivity contribution in [3.63, 3.8) is 0 Å². The highest BCUT2D eigenvalue weighted by atomic mass is 32.2. The van der Waals surface area contributed by atoms with Crippen LogP contribution in [0.15, 0.2) is 59.5 Å². The normalized spacial score (nSPS) is 21.7. The van der Waals surface area contributed by atoms with Crippen LogP contribution in [0.25, 0.3) is 0 Å². The number of carbonyl (C=O) groups excluding carboxylic acids is 2. The van der Waals surface area contributed by atoms with Gasteiger partial charge in [-0.1, -0.05) is 18.2 Å². The van der Waals surface area contributed by atoms with E-state index in [0.29, 0.717) is 18.8 Å². The van der Waals surface area contributed by atoms with E-state index in [-0.39, 0.29) is 36.2 Å². The van der Waals surface area contributed by atoms with Crippen LogP contribution >= 0.6 is 0 Å². The van der Waals surface area contributed by atoms with Crippen molar-refractivity contribution < 1.29 is 27.3 Å². The van der Waals surface area contributed by atoms with Crippen molar-refractivity contribution in [3.05, 3.63) is 60.4 Å². The average molecular weight is 418 g/mol. The minimum Gasteiger partial charge on any atom is -0.322 e. The van der Waals surface area contributed by atoms with Crippen molar-refractivity contribution in [1.82, 2.24) is 4.31 Å². The van der Waals surface area contributed by atoms with Crippen LogP contribution in [0.3, 0.4) is 0 Å². The van der Waals surface area contributed by atoms with Crippen molar-refractivity contribution in [2.75, 3.05) is 31.1 Å². The van der Waals surface area contributed by atoms with Gasteiger partial charge in [0.2, 0.25) is 15.9 Å². The molecule has 2 aliphatic rings. The Morgan fingerprint density at radius 2 is 1.55 bits per heavy atom.